The highest BCUT2D eigenvalue weighted by Crippen LogP contribution is 2.32. The zero-order chi connectivity index (χ0) is 17.5. The molecular formula is C22H20BrN3O. The Bertz CT molecular complexity index is 1110. The number of rotatable bonds is 3. The summed E-state index contributed by atoms with van der Waals surface area (Å²) in [5, 5.41) is 6.11. The first-order valence-corrected chi connectivity index (χ1v) is 8.87. The molecule has 0 amide bonds. The second-order valence-electron chi connectivity index (χ2n) is 6.53. The van der Waals surface area contributed by atoms with Gasteiger partial charge >= 0.3 is 5.82 Å². The number of hydrogen-bond acceptors (Lipinski definition) is 3. The lowest BCUT2D eigenvalue weighted by Gasteiger charge is -2.15. The van der Waals surface area contributed by atoms with E-state index >= 15 is 0 Å². The highest BCUT2D eigenvalue weighted by molar-refractivity contribution is 6.08. The summed E-state index contributed by atoms with van der Waals surface area (Å²) in [6, 6.07) is 25.3. The molecule has 1 aromatic heterocycles. The first kappa shape index (κ1) is 17.6. The number of methoxy groups -OCH3 is 1. The van der Waals surface area contributed by atoms with Gasteiger partial charge in [0.2, 0.25) is 0 Å². The zero-order valence-corrected chi connectivity index (χ0v) is 16.6. The fourth-order valence-corrected chi connectivity index (χ4v) is 3.86. The van der Waals surface area contributed by atoms with Gasteiger partial charge in [-0.15, -0.1) is 0 Å². The molecule has 0 saturated heterocycles. The molecule has 0 fully saturated rings. The van der Waals surface area contributed by atoms with Crippen LogP contribution in [0.25, 0.3) is 21.7 Å². The van der Waals surface area contributed by atoms with Crippen LogP contribution < -0.4 is 36.7 Å². The molecule has 0 atom stereocenters. The SMILES string of the molecule is COc1ccc(NN2CC[n+]3c2c2ccccc2c2ccccc23)cc1.[Br-]. The number of fused-ring (bicyclic) bond motifs is 6. The predicted octanol–water partition coefficient (Wildman–Crippen LogP) is 1.14. The fraction of sp³-hybridized carbons (Fsp3) is 0.136. The van der Waals surface area contributed by atoms with Crippen molar-refractivity contribution in [2.75, 3.05) is 24.1 Å². The predicted molar refractivity (Wildman–Crippen MR) is 106 cm³/mol. The van der Waals surface area contributed by atoms with E-state index in [1.807, 2.05) is 24.3 Å². The van der Waals surface area contributed by atoms with Crippen molar-refractivity contribution in [3.63, 3.8) is 0 Å². The topological polar surface area (TPSA) is 28.4 Å². The minimum Gasteiger partial charge on any atom is -1.00 e. The van der Waals surface area contributed by atoms with Crippen LogP contribution in [0.15, 0.2) is 72.8 Å². The largest absolute Gasteiger partial charge is 1.00 e. The molecule has 4 nitrogen and oxygen atoms in total. The van der Waals surface area contributed by atoms with Gasteiger partial charge in [-0.2, -0.15) is 5.01 Å². The van der Waals surface area contributed by atoms with Gasteiger partial charge in [0.05, 0.1) is 18.2 Å². The maximum atomic E-state index is 5.26. The standard InChI is InChI=1S/C22H20N3O.BrH/c1-26-17-12-10-16(11-13-17)23-25-15-14-24-21-9-5-4-7-19(21)18-6-2-3-8-20(18)22(24)25;/h2-13,23H,14-15H2,1H3;1H/q+1;/p-1. The van der Waals surface area contributed by atoms with Gasteiger partial charge in [-0.3, -0.25) is 0 Å². The number of ether oxygens (including phenoxy) is 1. The number of anilines is 2. The molecule has 0 spiro atoms. The van der Waals surface area contributed by atoms with Gasteiger partial charge in [0, 0.05) is 10.8 Å². The highest BCUT2D eigenvalue weighted by atomic mass is 79.9. The van der Waals surface area contributed by atoms with Gasteiger partial charge in [0.15, 0.2) is 0 Å². The summed E-state index contributed by atoms with van der Waals surface area (Å²) < 4.78 is 7.67. The summed E-state index contributed by atoms with van der Waals surface area (Å²) in [4.78, 5) is 0. The van der Waals surface area contributed by atoms with Crippen LogP contribution in [0.1, 0.15) is 0 Å². The molecule has 0 unspecified atom stereocenters. The minimum atomic E-state index is 0. The Kier molecular flexibility index (Phi) is 4.62. The van der Waals surface area contributed by atoms with Crippen molar-refractivity contribution in [3.8, 4) is 5.75 Å². The van der Waals surface area contributed by atoms with E-state index in [0.29, 0.717) is 0 Å². The normalized spacial score (nSPS) is 12.7. The molecular weight excluding hydrogens is 402 g/mol. The lowest BCUT2D eigenvalue weighted by Crippen LogP contribution is -3.00. The number of pyridine rings is 1. The van der Waals surface area contributed by atoms with Crippen LogP contribution in [0.4, 0.5) is 11.5 Å². The second kappa shape index (κ2) is 7.08. The van der Waals surface area contributed by atoms with E-state index in [0.717, 1.165) is 24.5 Å². The van der Waals surface area contributed by atoms with Crippen molar-refractivity contribution in [1.82, 2.24) is 0 Å². The van der Waals surface area contributed by atoms with E-state index in [4.69, 9.17) is 4.74 Å². The lowest BCUT2D eigenvalue weighted by atomic mass is 10.1. The first-order chi connectivity index (χ1) is 12.8. The molecule has 4 aromatic rings. The van der Waals surface area contributed by atoms with Gasteiger partial charge in [0.25, 0.3) is 0 Å². The third-order valence-electron chi connectivity index (χ3n) is 5.07. The number of hydrogen-bond donors (Lipinski definition) is 1. The zero-order valence-electron chi connectivity index (χ0n) is 15.0. The Morgan fingerprint density at radius 2 is 1.52 bits per heavy atom. The van der Waals surface area contributed by atoms with E-state index < -0.39 is 0 Å². The number of aromatic nitrogens is 1. The average molecular weight is 422 g/mol. The number of nitrogens with one attached hydrogen (secondary N) is 1. The Morgan fingerprint density at radius 1 is 0.852 bits per heavy atom. The summed E-state index contributed by atoms with van der Waals surface area (Å²) >= 11 is 0. The van der Waals surface area contributed by atoms with E-state index in [2.05, 4.69) is 63.5 Å². The summed E-state index contributed by atoms with van der Waals surface area (Å²) in [5.74, 6) is 2.08. The molecule has 3 aromatic carbocycles. The molecule has 0 radical (unpaired) electrons. The highest BCUT2D eigenvalue weighted by Gasteiger charge is 2.32. The smallest absolute Gasteiger partial charge is 0.308 e. The van der Waals surface area contributed by atoms with Crippen LogP contribution in [-0.4, -0.2) is 13.7 Å². The summed E-state index contributed by atoms with van der Waals surface area (Å²) in [7, 11) is 1.69. The molecule has 5 rings (SSSR count). The summed E-state index contributed by atoms with van der Waals surface area (Å²) in [6.07, 6.45) is 0. The third-order valence-corrected chi connectivity index (χ3v) is 5.07. The van der Waals surface area contributed by atoms with E-state index in [1.165, 1.54) is 27.5 Å². The molecule has 27 heavy (non-hydrogen) atoms. The molecule has 2 heterocycles. The first-order valence-electron chi connectivity index (χ1n) is 8.87. The van der Waals surface area contributed by atoms with Gasteiger partial charge in [-0.1, -0.05) is 36.4 Å². The van der Waals surface area contributed by atoms with Crippen molar-refractivity contribution in [2.45, 2.75) is 6.54 Å². The fourth-order valence-electron chi connectivity index (χ4n) is 3.86. The number of para-hydroxylation sites is 1. The van der Waals surface area contributed by atoms with Crippen LogP contribution in [-0.2, 0) is 6.54 Å². The van der Waals surface area contributed by atoms with Crippen molar-refractivity contribution in [3.05, 3.63) is 72.8 Å². The van der Waals surface area contributed by atoms with Crippen molar-refractivity contribution in [1.29, 1.82) is 0 Å². The van der Waals surface area contributed by atoms with E-state index in [-0.39, 0.29) is 17.0 Å². The second-order valence-corrected chi connectivity index (χ2v) is 6.53. The Hall–Kier alpha value is -2.79. The van der Waals surface area contributed by atoms with Crippen LogP contribution >= 0.6 is 0 Å². The van der Waals surface area contributed by atoms with E-state index in [9.17, 15) is 0 Å². The van der Waals surface area contributed by atoms with Gasteiger partial charge in [-0.05, 0) is 36.4 Å². The van der Waals surface area contributed by atoms with Crippen molar-refractivity contribution >= 4 is 33.2 Å². The third kappa shape index (κ3) is 2.88. The quantitative estimate of drug-likeness (QED) is 0.397. The summed E-state index contributed by atoms with van der Waals surface area (Å²) in [5.41, 5.74) is 5.89. The Labute approximate surface area is 168 Å². The van der Waals surface area contributed by atoms with Crippen LogP contribution in [0.2, 0.25) is 0 Å². The molecule has 1 aliphatic rings. The van der Waals surface area contributed by atoms with Crippen molar-refractivity contribution in [2.24, 2.45) is 0 Å². The van der Waals surface area contributed by atoms with Crippen LogP contribution in [0.5, 0.6) is 5.75 Å². The Balaban J connectivity index is 0.00000180. The molecule has 0 bridgehead atoms. The van der Waals surface area contributed by atoms with Gasteiger partial charge < -0.3 is 21.7 Å². The number of benzene rings is 3. The molecule has 0 aliphatic carbocycles. The lowest BCUT2D eigenvalue weighted by molar-refractivity contribution is -0.643. The minimum absolute atomic E-state index is 0. The summed E-state index contributed by atoms with van der Waals surface area (Å²) in [6.45, 7) is 1.88. The molecule has 0 saturated carbocycles. The monoisotopic (exact) mass is 421 g/mol. The number of nitrogens with zero attached hydrogens (tertiary/aromatic N) is 2. The van der Waals surface area contributed by atoms with E-state index in [1.54, 1.807) is 7.11 Å². The maximum Gasteiger partial charge on any atom is 0.308 e. The maximum absolute atomic E-state index is 5.26. The average Bonchev–Trinajstić information content (AvgIpc) is 3.13. The molecule has 1 N–H and O–H groups in total. The van der Waals surface area contributed by atoms with Gasteiger partial charge in [0.1, 0.15) is 24.4 Å². The number of halogens is 1. The van der Waals surface area contributed by atoms with Gasteiger partial charge in [-0.25, -0.2) is 9.99 Å². The van der Waals surface area contributed by atoms with Crippen molar-refractivity contribution < 1.29 is 26.3 Å². The van der Waals surface area contributed by atoms with Crippen LogP contribution in [0.3, 0.4) is 0 Å². The molecule has 5 heteroatoms. The van der Waals surface area contributed by atoms with Crippen LogP contribution in [0, 0.1) is 0 Å². The molecule has 1 aliphatic heterocycles. The molecule has 136 valence electrons. The number of hydrazine groups is 1. The Morgan fingerprint density at radius 3 is 2.26 bits per heavy atom.